The van der Waals surface area contributed by atoms with E-state index in [0.717, 1.165) is 17.7 Å². The molecule has 1 aliphatic rings. The van der Waals surface area contributed by atoms with Crippen molar-refractivity contribution in [1.82, 2.24) is 0 Å². The summed E-state index contributed by atoms with van der Waals surface area (Å²) in [5.74, 6) is 0.757. The minimum Gasteiger partial charge on any atom is -0.385 e. The summed E-state index contributed by atoms with van der Waals surface area (Å²) in [7, 11) is 0. The molecule has 1 unspecified atom stereocenters. The maximum absolute atomic E-state index is 6.10. The molecule has 0 fully saturated rings. The first-order valence-electron chi connectivity index (χ1n) is 4.93. The van der Waals surface area contributed by atoms with Gasteiger partial charge in [0, 0.05) is 22.9 Å². The first-order valence-corrected chi connectivity index (χ1v) is 5.69. The van der Waals surface area contributed by atoms with E-state index in [9.17, 15) is 0 Å². The Labute approximate surface area is 104 Å². The first-order chi connectivity index (χ1) is 7.58. The molecule has 1 aromatic carbocycles. The minimum atomic E-state index is 0.194. The Morgan fingerprint density at radius 1 is 1.31 bits per heavy atom. The summed E-state index contributed by atoms with van der Waals surface area (Å²) in [4.78, 5) is 0. The van der Waals surface area contributed by atoms with Gasteiger partial charge in [-0.25, -0.2) is 0 Å². The number of amidine groups is 1. The number of nitrogens with two attached hydrogens (primary N) is 1. The van der Waals surface area contributed by atoms with E-state index in [1.165, 1.54) is 0 Å². The highest BCUT2D eigenvalue weighted by molar-refractivity contribution is 6.37. The predicted octanol–water partition coefficient (Wildman–Crippen LogP) is 3.09. The summed E-state index contributed by atoms with van der Waals surface area (Å²) < 4.78 is 0. The van der Waals surface area contributed by atoms with Crippen LogP contribution in [0, 0.1) is 5.92 Å². The van der Waals surface area contributed by atoms with E-state index >= 15 is 0 Å². The molecule has 16 heavy (non-hydrogen) atoms. The monoisotopic (exact) mass is 255 g/mol. The molecule has 0 bridgehead atoms. The molecule has 1 heterocycles. The Morgan fingerprint density at radius 3 is 2.69 bits per heavy atom. The topological polar surface area (TPSA) is 50.7 Å². The van der Waals surface area contributed by atoms with Gasteiger partial charge in [0.2, 0.25) is 0 Å². The Bertz CT molecular complexity index is 480. The van der Waals surface area contributed by atoms with Crippen LogP contribution in [0.3, 0.4) is 0 Å². The van der Waals surface area contributed by atoms with Crippen LogP contribution in [0.5, 0.6) is 0 Å². The van der Waals surface area contributed by atoms with E-state index in [2.05, 4.69) is 10.2 Å². The van der Waals surface area contributed by atoms with Gasteiger partial charge in [-0.15, -0.1) is 5.10 Å². The van der Waals surface area contributed by atoms with Gasteiger partial charge in [-0.1, -0.05) is 36.2 Å². The molecule has 0 radical (unpaired) electrons. The van der Waals surface area contributed by atoms with Crippen molar-refractivity contribution in [1.29, 1.82) is 0 Å². The lowest BCUT2D eigenvalue weighted by molar-refractivity contribution is 0.779. The molecule has 0 saturated carbocycles. The Balaban J connectivity index is 2.39. The molecule has 3 nitrogen and oxygen atoms in total. The van der Waals surface area contributed by atoms with Gasteiger partial charge in [-0.05, 0) is 12.1 Å². The van der Waals surface area contributed by atoms with Crippen LogP contribution in [-0.2, 0) is 0 Å². The number of halogens is 2. The van der Waals surface area contributed by atoms with Gasteiger partial charge in [0.05, 0.1) is 10.7 Å². The highest BCUT2D eigenvalue weighted by atomic mass is 35.5. The van der Waals surface area contributed by atoms with Gasteiger partial charge < -0.3 is 5.73 Å². The van der Waals surface area contributed by atoms with Gasteiger partial charge in [0.25, 0.3) is 0 Å². The predicted molar refractivity (Wildman–Crippen MR) is 68.4 cm³/mol. The Morgan fingerprint density at radius 2 is 2.06 bits per heavy atom. The number of benzene rings is 1. The van der Waals surface area contributed by atoms with Crippen molar-refractivity contribution in [3.8, 4) is 0 Å². The van der Waals surface area contributed by atoms with Crippen LogP contribution in [0.2, 0.25) is 10.0 Å². The third-order valence-electron chi connectivity index (χ3n) is 2.53. The van der Waals surface area contributed by atoms with E-state index in [1.807, 2.05) is 13.0 Å². The molecule has 0 saturated heterocycles. The van der Waals surface area contributed by atoms with Gasteiger partial charge in [0.15, 0.2) is 0 Å². The quantitative estimate of drug-likeness (QED) is 0.824. The number of rotatable bonds is 1. The van der Waals surface area contributed by atoms with Crippen molar-refractivity contribution in [2.24, 2.45) is 21.9 Å². The van der Waals surface area contributed by atoms with Crippen LogP contribution < -0.4 is 5.73 Å². The van der Waals surface area contributed by atoms with Crippen molar-refractivity contribution < 1.29 is 0 Å². The van der Waals surface area contributed by atoms with E-state index in [0.29, 0.717) is 15.9 Å². The summed E-state index contributed by atoms with van der Waals surface area (Å²) in [6.07, 6.45) is 0.747. The standard InChI is InChI=1S/C11H11Cl2N3/c1-6-4-10(15-16-11(6)14)8-3-2-7(12)5-9(8)13/h2-3,5-6H,4H2,1H3,(H2,14,16). The molecule has 2 N–H and O–H groups in total. The Hall–Kier alpha value is -1.06. The van der Waals surface area contributed by atoms with Crippen LogP contribution in [0.4, 0.5) is 0 Å². The smallest absolute Gasteiger partial charge is 0.125 e. The summed E-state index contributed by atoms with van der Waals surface area (Å²) in [6, 6.07) is 5.35. The van der Waals surface area contributed by atoms with Gasteiger partial charge >= 0.3 is 0 Å². The molecule has 1 atom stereocenters. The maximum Gasteiger partial charge on any atom is 0.125 e. The molecule has 5 heteroatoms. The molecule has 84 valence electrons. The van der Waals surface area contributed by atoms with E-state index < -0.39 is 0 Å². The van der Waals surface area contributed by atoms with Crippen molar-refractivity contribution >= 4 is 34.7 Å². The van der Waals surface area contributed by atoms with Crippen LogP contribution in [-0.4, -0.2) is 11.5 Å². The molecule has 0 aromatic heterocycles. The fourth-order valence-corrected chi connectivity index (χ4v) is 2.06. The second-order valence-electron chi connectivity index (χ2n) is 3.80. The lowest BCUT2D eigenvalue weighted by Crippen LogP contribution is -2.26. The fourth-order valence-electron chi connectivity index (χ4n) is 1.54. The van der Waals surface area contributed by atoms with E-state index in [4.69, 9.17) is 28.9 Å². The van der Waals surface area contributed by atoms with Crippen molar-refractivity contribution in [2.75, 3.05) is 0 Å². The molecule has 0 spiro atoms. The molecule has 2 rings (SSSR count). The zero-order valence-electron chi connectivity index (χ0n) is 8.74. The van der Waals surface area contributed by atoms with Gasteiger partial charge in [-0.2, -0.15) is 5.10 Å². The van der Waals surface area contributed by atoms with Crippen molar-refractivity contribution in [3.63, 3.8) is 0 Å². The van der Waals surface area contributed by atoms with E-state index in [-0.39, 0.29) is 5.92 Å². The zero-order chi connectivity index (χ0) is 11.7. The minimum absolute atomic E-state index is 0.194. The third-order valence-corrected chi connectivity index (χ3v) is 3.08. The fraction of sp³-hybridized carbons (Fsp3) is 0.273. The van der Waals surface area contributed by atoms with Crippen LogP contribution in [0.25, 0.3) is 0 Å². The number of nitrogens with zero attached hydrogens (tertiary/aromatic N) is 2. The van der Waals surface area contributed by atoms with Crippen molar-refractivity contribution in [2.45, 2.75) is 13.3 Å². The highest BCUT2D eigenvalue weighted by Gasteiger charge is 2.18. The molecule has 0 aliphatic carbocycles. The van der Waals surface area contributed by atoms with Gasteiger partial charge in [-0.3, -0.25) is 0 Å². The molecule has 1 aromatic rings. The molecular weight excluding hydrogens is 245 g/mol. The summed E-state index contributed by atoms with van der Waals surface area (Å²) >= 11 is 11.9. The maximum atomic E-state index is 6.10. The third kappa shape index (κ3) is 2.20. The second kappa shape index (κ2) is 4.44. The normalized spacial score (nSPS) is 20.3. The SMILES string of the molecule is CC1CC(c2ccc(Cl)cc2Cl)=NN=C1N. The lowest BCUT2D eigenvalue weighted by atomic mass is 9.97. The summed E-state index contributed by atoms with van der Waals surface area (Å²) in [5, 5.41) is 9.20. The second-order valence-corrected chi connectivity index (χ2v) is 4.64. The average Bonchev–Trinajstić information content (AvgIpc) is 2.22. The molecular formula is C11H11Cl2N3. The largest absolute Gasteiger partial charge is 0.385 e. The lowest BCUT2D eigenvalue weighted by Gasteiger charge is -2.16. The van der Waals surface area contributed by atoms with Crippen LogP contribution in [0.1, 0.15) is 18.9 Å². The van der Waals surface area contributed by atoms with Gasteiger partial charge in [0.1, 0.15) is 5.84 Å². The summed E-state index contributed by atoms with van der Waals surface area (Å²) in [6.45, 7) is 2.01. The van der Waals surface area contributed by atoms with Crippen molar-refractivity contribution in [3.05, 3.63) is 33.8 Å². The average molecular weight is 256 g/mol. The number of hydrogen-bond acceptors (Lipinski definition) is 3. The highest BCUT2D eigenvalue weighted by Crippen LogP contribution is 2.25. The van der Waals surface area contributed by atoms with E-state index in [1.54, 1.807) is 12.1 Å². The Kier molecular flexibility index (Phi) is 3.17. The zero-order valence-corrected chi connectivity index (χ0v) is 10.3. The van der Waals surface area contributed by atoms with Crippen LogP contribution >= 0.6 is 23.2 Å². The van der Waals surface area contributed by atoms with Crippen LogP contribution in [0.15, 0.2) is 28.4 Å². The number of hydrogen-bond donors (Lipinski definition) is 1. The molecule has 1 aliphatic heterocycles. The first kappa shape index (κ1) is 11.4. The molecule has 0 amide bonds. The summed E-state index contributed by atoms with van der Waals surface area (Å²) in [5.41, 5.74) is 7.39.